The van der Waals surface area contributed by atoms with E-state index in [2.05, 4.69) is 30.1 Å². The highest BCUT2D eigenvalue weighted by Crippen LogP contribution is 2.52. The molecule has 0 amide bonds. The first-order valence-corrected chi connectivity index (χ1v) is 8.51. The number of nitrogens with zero attached hydrogens (tertiary/aromatic N) is 3. The molecule has 1 aromatic carbocycles. The van der Waals surface area contributed by atoms with E-state index in [0.29, 0.717) is 17.9 Å². The Hall–Kier alpha value is -2.74. The molecule has 1 fully saturated rings. The fourth-order valence-electron chi connectivity index (χ4n) is 4.54. The summed E-state index contributed by atoms with van der Waals surface area (Å²) in [4.78, 5) is 17.9. The van der Waals surface area contributed by atoms with Crippen molar-refractivity contribution in [2.45, 2.75) is 39.0 Å². The number of aromatic nitrogens is 2. The van der Waals surface area contributed by atoms with Crippen molar-refractivity contribution in [1.29, 1.82) is 5.26 Å². The molecule has 2 heterocycles. The SMILES string of the molecule is CC1(C)CC(=O)C2C(=Nc3n[nH]c(C#N)c3C2(C)c2ccccc2)C1. The lowest BCUT2D eigenvalue weighted by Gasteiger charge is -2.45. The molecule has 1 aliphatic carbocycles. The number of nitrogens with one attached hydrogen (secondary N) is 1. The lowest BCUT2D eigenvalue weighted by molar-refractivity contribution is -0.125. The highest BCUT2D eigenvalue weighted by Gasteiger charge is 2.54. The van der Waals surface area contributed by atoms with E-state index in [1.54, 1.807) is 0 Å². The topological polar surface area (TPSA) is 81.9 Å². The summed E-state index contributed by atoms with van der Waals surface area (Å²) in [6.45, 7) is 6.25. The first-order chi connectivity index (χ1) is 11.9. The third-order valence-corrected chi connectivity index (χ3v) is 5.55. The van der Waals surface area contributed by atoms with Crippen LogP contribution in [0.3, 0.4) is 0 Å². The van der Waals surface area contributed by atoms with Gasteiger partial charge < -0.3 is 0 Å². The van der Waals surface area contributed by atoms with E-state index in [1.165, 1.54) is 0 Å². The number of fused-ring (bicyclic) bond motifs is 2. The van der Waals surface area contributed by atoms with Gasteiger partial charge >= 0.3 is 0 Å². The smallest absolute Gasteiger partial charge is 0.179 e. The van der Waals surface area contributed by atoms with Crippen LogP contribution in [0.4, 0.5) is 5.82 Å². The van der Waals surface area contributed by atoms with Gasteiger partial charge in [-0.1, -0.05) is 51.1 Å². The molecule has 1 N–H and O–H groups in total. The van der Waals surface area contributed by atoms with Crippen LogP contribution >= 0.6 is 0 Å². The van der Waals surface area contributed by atoms with Crippen molar-refractivity contribution in [3.63, 3.8) is 0 Å². The number of ketones is 1. The summed E-state index contributed by atoms with van der Waals surface area (Å²) in [6, 6.07) is 12.1. The second-order valence-electron chi connectivity index (χ2n) is 8.00. The van der Waals surface area contributed by atoms with E-state index in [1.807, 2.05) is 37.3 Å². The Balaban J connectivity index is 2.02. The summed E-state index contributed by atoms with van der Waals surface area (Å²) in [7, 11) is 0. The largest absolute Gasteiger partial charge is 0.299 e. The third kappa shape index (κ3) is 2.17. The summed E-state index contributed by atoms with van der Waals surface area (Å²) in [5.74, 6) is 0.386. The number of nitriles is 1. The monoisotopic (exact) mass is 332 g/mol. The number of hydrogen-bond acceptors (Lipinski definition) is 4. The molecular formula is C20H20N4O. The molecule has 1 saturated carbocycles. The summed E-state index contributed by atoms with van der Waals surface area (Å²) in [5, 5.41) is 16.6. The molecule has 2 unspecified atom stereocenters. The van der Waals surface area contributed by atoms with Crippen molar-refractivity contribution in [3.05, 3.63) is 47.2 Å². The highest BCUT2D eigenvalue weighted by molar-refractivity contribution is 6.11. The Morgan fingerprint density at radius 3 is 2.60 bits per heavy atom. The van der Waals surface area contributed by atoms with Gasteiger partial charge in [-0.3, -0.25) is 9.89 Å². The molecule has 0 bridgehead atoms. The number of benzene rings is 1. The zero-order valence-corrected chi connectivity index (χ0v) is 14.6. The maximum Gasteiger partial charge on any atom is 0.179 e. The van der Waals surface area contributed by atoms with Gasteiger partial charge in [0.1, 0.15) is 17.5 Å². The number of carbonyl (C=O) groups excluding carboxylic acids is 1. The quantitative estimate of drug-likeness (QED) is 0.865. The molecule has 25 heavy (non-hydrogen) atoms. The number of hydrogen-bond donors (Lipinski definition) is 1. The molecule has 126 valence electrons. The van der Waals surface area contributed by atoms with Crippen LogP contribution < -0.4 is 0 Å². The van der Waals surface area contributed by atoms with Gasteiger partial charge in [0, 0.05) is 23.1 Å². The predicted molar refractivity (Wildman–Crippen MR) is 94.8 cm³/mol. The van der Waals surface area contributed by atoms with Crippen molar-refractivity contribution in [1.82, 2.24) is 10.2 Å². The normalized spacial score (nSPS) is 27.0. The predicted octanol–water partition coefficient (Wildman–Crippen LogP) is 3.68. The Morgan fingerprint density at radius 2 is 1.92 bits per heavy atom. The van der Waals surface area contributed by atoms with Crippen LogP contribution in [0, 0.1) is 22.7 Å². The van der Waals surface area contributed by atoms with Crippen LogP contribution in [0.25, 0.3) is 0 Å². The van der Waals surface area contributed by atoms with Crippen molar-refractivity contribution in [3.8, 4) is 6.07 Å². The van der Waals surface area contributed by atoms with Gasteiger partial charge in [-0.15, -0.1) is 0 Å². The number of rotatable bonds is 1. The molecule has 2 atom stereocenters. The summed E-state index contributed by atoms with van der Waals surface area (Å²) in [5.41, 5.74) is 2.29. The fraction of sp³-hybridized carbons (Fsp3) is 0.400. The van der Waals surface area contributed by atoms with Crippen molar-refractivity contribution < 1.29 is 4.79 Å². The molecule has 0 saturated heterocycles. The standard InChI is InChI=1S/C20H20N4O/c1-19(2)9-13-16(15(25)10-19)20(3,12-7-5-4-6-8-12)17-14(11-21)23-24-18(17)22-13/h4-8,16H,9-10H2,1-3H3,(H,23,24). The molecule has 0 spiro atoms. The van der Waals surface area contributed by atoms with E-state index < -0.39 is 5.41 Å². The van der Waals surface area contributed by atoms with Gasteiger partial charge in [0.25, 0.3) is 0 Å². The van der Waals surface area contributed by atoms with Crippen LogP contribution in [0.2, 0.25) is 0 Å². The molecule has 2 aliphatic rings. The average molecular weight is 332 g/mol. The molecule has 1 aliphatic heterocycles. The number of Topliss-reactive ketones (excluding diaryl/α,β-unsaturated/α-hetero) is 1. The molecule has 4 rings (SSSR count). The van der Waals surface area contributed by atoms with Gasteiger partial charge in [0.2, 0.25) is 0 Å². The van der Waals surface area contributed by atoms with Crippen LogP contribution in [0.15, 0.2) is 35.3 Å². The third-order valence-electron chi connectivity index (χ3n) is 5.55. The molecule has 5 heteroatoms. The second-order valence-corrected chi connectivity index (χ2v) is 8.00. The summed E-state index contributed by atoms with van der Waals surface area (Å²) < 4.78 is 0. The Morgan fingerprint density at radius 1 is 1.20 bits per heavy atom. The molecule has 2 aromatic rings. The zero-order chi connectivity index (χ0) is 17.8. The number of carbonyl (C=O) groups is 1. The van der Waals surface area contributed by atoms with Crippen LogP contribution in [-0.2, 0) is 10.2 Å². The first-order valence-electron chi connectivity index (χ1n) is 8.51. The zero-order valence-electron chi connectivity index (χ0n) is 14.6. The summed E-state index contributed by atoms with van der Waals surface area (Å²) >= 11 is 0. The van der Waals surface area contributed by atoms with Crippen LogP contribution in [0.1, 0.15) is 50.4 Å². The molecule has 5 nitrogen and oxygen atoms in total. The van der Waals surface area contributed by atoms with Gasteiger partial charge in [0.15, 0.2) is 5.82 Å². The van der Waals surface area contributed by atoms with E-state index >= 15 is 0 Å². The van der Waals surface area contributed by atoms with Crippen molar-refractivity contribution in [2.75, 3.05) is 0 Å². The molecule has 1 aromatic heterocycles. The van der Waals surface area contributed by atoms with Gasteiger partial charge in [0.05, 0.1) is 5.92 Å². The van der Waals surface area contributed by atoms with Gasteiger partial charge in [-0.05, 0) is 17.4 Å². The van der Waals surface area contributed by atoms with E-state index in [-0.39, 0.29) is 17.1 Å². The first kappa shape index (κ1) is 15.8. The maximum atomic E-state index is 13.2. The Kier molecular flexibility index (Phi) is 3.23. The minimum absolute atomic E-state index is 0.101. The number of aliphatic imine (C=N–C) groups is 1. The van der Waals surface area contributed by atoms with Gasteiger partial charge in [-0.2, -0.15) is 10.4 Å². The number of aromatic amines is 1. The minimum atomic E-state index is -0.640. The van der Waals surface area contributed by atoms with Crippen molar-refractivity contribution >= 4 is 17.3 Å². The molecule has 0 radical (unpaired) electrons. The average Bonchev–Trinajstić information content (AvgIpc) is 2.97. The van der Waals surface area contributed by atoms with Crippen LogP contribution in [-0.4, -0.2) is 21.7 Å². The maximum absolute atomic E-state index is 13.2. The van der Waals surface area contributed by atoms with E-state index in [4.69, 9.17) is 4.99 Å². The summed E-state index contributed by atoms with van der Waals surface area (Å²) in [6.07, 6.45) is 1.29. The van der Waals surface area contributed by atoms with E-state index in [0.717, 1.165) is 23.3 Å². The Labute approximate surface area is 146 Å². The molecular weight excluding hydrogens is 312 g/mol. The van der Waals surface area contributed by atoms with E-state index in [9.17, 15) is 10.1 Å². The lowest BCUT2D eigenvalue weighted by Crippen LogP contribution is -2.50. The second kappa shape index (κ2) is 5.13. The van der Waals surface area contributed by atoms with Crippen molar-refractivity contribution in [2.24, 2.45) is 16.3 Å². The van der Waals surface area contributed by atoms with Crippen LogP contribution in [0.5, 0.6) is 0 Å². The highest BCUT2D eigenvalue weighted by atomic mass is 16.1. The lowest BCUT2D eigenvalue weighted by atomic mass is 9.57. The minimum Gasteiger partial charge on any atom is -0.299 e. The number of H-pyrrole nitrogens is 1. The van der Waals surface area contributed by atoms with Gasteiger partial charge in [-0.25, -0.2) is 4.99 Å². The fourth-order valence-corrected chi connectivity index (χ4v) is 4.54. The Bertz CT molecular complexity index is 932.